The summed E-state index contributed by atoms with van der Waals surface area (Å²) in [5.74, 6) is -1.52. The summed E-state index contributed by atoms with van der Waals surface area (Å²) in [5, 5.41) is 15.1. The zero-order valence-corrected chi connectivity index (χ0v) is 14.1. The molecule has 2 aromatic carbocycles. The summed E-state index contributed by atoms with van der Waals surface area (Å²) in [7, 11) is 0. The van der Waals surface area contributed by atoms with E-state index in [2.05, 4.69) is 10.6 Å². The lowest BCUT2D eigenvalue weighted by molar-refractivity contribution is -0.136. The molecule has 0 aliphatic carbocycles. The van der Waals surface area contributed by atoms with E-state index >= 15 is 0 Å². The Morgan fingerprint density at radius 1 is 1.00 bits per heavy atom. The average molecular weight is 326 g/mol. The van der Waals surface area contributed by atoms with Crippen molar-refractivity contribution < 1.29 is 14.7 Å². The minimum absolute atomic E-state index is 0.0257. The van der Waals surface area contributed by atoms with Crippen LogP contribution in [0.4, 0.5) is 5.69 Å². The summed E-state index contributed by atoms with van der Waals surface area (Å²) in [6, 6.07) is 12.9. The van der Waals surface area contributed by atoms with E-state index in [0.29, 0.717) is 11.3 Å². The van der Waals surface area contributed by atoms with Gasteiger partial charge in [0.2, 0.25) is 0 Å². The van der Waals surface area contributed by atoms with Crippen LogP contribution in [0.2, 0.25) is 0 Å². The quantitative estimate of drug-likeness (QED) is 0.755. The van der Waals surface area contributed by atoms with E-state index in [-0.39, 0.29) is 6.54 Å². The number of hydrogen-bond acceptors (Lipinski definition) is 3. The predicted molar refractivity (Wildman–Crippen MR) is 93.7 cm³/mol. The number of aliphatic hydroxyl groups excluding tert-OH is 1. The first-order valence-electron chi connectivity index (χ1n) is 7.78. The third kappa shape index (κ3) is 4.43. The Kier molecular flexibility index (Phi) is 5.71. The Balaban J connectivity index is 1.95. The van der Waals surface area contributed by atoms with Crippen molar-refractivity contribution in [2.45, 2.75) is 26.9 Å². The van der Waals surface area contributed by atoms with Crippen LogP contribution >= 0.6 is 0 Å². The minimum atomic E-state index is -0.856. The van der Waals surface area contributed by atoms with Crippen molar-refractivity contribution >= 4 is 17.5 Å². The average Bonchev–Trinajstić information content (AvgIpc) is 2.56. The number of aryl methyl sites for hydroxylation is 3. The number of amides is 2. The molecule has 0 aliphatic heterocycles. The number of carbonyl (C=O) groups excluding carboxylic acids is 2. The molecular formula is C19H22N2O3. The van der Waals surface area contributed by atoms with Crippen molar-refractivity contribution in [2.75, 3.05) is 11.9 Å². The van der Waals surface area contributed by atoms with Gasteiger partial charge >= 0.3 is 11.8 Å². The second-order valence-electron chi connectivity index (χ2n) is 5.86. The molecule has 5 nitrogen and oxygen atoms in total. The molecule has 0 unspecified atom stereocenters. The second-order valence-corrected chi connectivity index (χ2v) is 5.86. The first kappa shape index (κ1) is 17.7. The van der Waals surface area contributed by atoms with Crippen LogP contribution in [0, 0.1) is 20.8 Å². The fraction of sp³-hybridized carbons (Fsp3) is 0.263. The van der Waals surface area contributed by atoms with E-state index in [1.807, 2.05) is 39.0 Å². The molecule has 0 radical (unpaired) electrons. The highest BCUT2D eigenvalue weighted by Gasteiger charge is 2.17. The lowest BCUT2D eigenvalue weighted by atomic mass is 10.1. The van der Waals surface area contributed by atoms with Crippen LogP contribution in [0.1, 0.15) is 28.4 Å². The third-order valence-electron chi connectivity index (χ3n) is 3.76. The van der Waals surface area contributed by atoms with Gasteiger partial charge in [-0.25, -0.2) is 0 Å². The topological polar surface area (TPSA) is 78.4 Å². The Bertz CT molecular complexity index is 719. The summed E-state index contributed by atoms with van der Waals surface area (Å²) < 4.78 is 0. The fourth-order valence-corrected chi connectivity index (χ4v) is 2.61. The summed E-state index contributed by atoms with van der Waals surface area (Å²) >= 11 is 0. The number of hydrogen-bond donors (Lipinski definition) is 3. The largest absolute Gasteiger partial charge is 0.387 e. The van der Waals surface area contributed by atoms with E-state index in [1.54, 1.807) is 24.3 Å². The number of nitrogens with one attached hydrogen (secondary N) is 2. The predicted octanol–water partition coefficient (Wildman–Crippen LogP) is 2.40. The summed E-state index contributed by atoms with van der Waals surface area (Å²) in [6.45, 7) is 5.71. The van der Waals surface area contributed by atoms with E-state index in [0.717, 1.165) is 16.7 Å². The maximum atomic E-state index is 12.0. The zero-order valence-electron chi connectivity index (χ0n) is 14.1. The van der Waals surface area contributed by atoms with E-state index in [9.17, 15) is 14.7 Å². The Hall–Kier alpha value is -2.66. The molecule has 1 atom stereocenters. The van der Waals surface area contributed by atoms with E-state index < -0.39 is 17.9 Å². The Labute approximate surface area is 141 Å². The number of benzene rings is 2. The number of rotatable bonds is 4. The molecule has 0 saturated carbocycles. The third-order valence-corrected chi connectivity index (χ3v) is 3.76. The van der Waals surface area contributed by atoms with Crippen LogP contribution in [0.15, 0.2) is 42.5 Å². The Morgan fingerprint density at radius 2 is 1.58 bits per heavy atom. The van der Waals surface area contributed by atoms with Crippen molar-refractivity contribution in [1.29, 1.82) is 0 Å². The molecule has 0 aliphatic rings. The van der Waals surface area contributed by atoms with Gasteiger partial charge in [-0.2, -0.15) is 0 Å². The zero-order chi connectivity index (χ0) is 17.7. The highest BCUT2D eigenvalue weighted by atomic mass is 16.3. The number of aliphatic hydroxyl groups is 1. The molecule has 24 heavy (non-hydrogen) atoms. The first-order chi connectivity index (χ1) is 11.4. The van der Waals surface area contributed by atoms with Gasteiger partial charge in [0.1, 0.15) is 0 Å². The molecule has 2 rings (SSSR count). The van der Waals surface area contributed by atoms with Gasteiger partial charge in [-0.05, 0) is 37.5 Å². The van der Waals surface area contributed by atoms with Crippen LogP contribution in [0.3, 0.4) is 0 Å². The van der Waals surface area contributed by atoms with Crippen molar-refractivity contribution in [3.05, 3.63) is 64.7 Å². The summed E-state index contributed by atoms with van der Waals surface area (Å²) in [5.41, 5.74) is 4.22. The Morgan fingerprint density at radius 3 is 2.17 bits per heavy atom. The molecule has 0 heterocycles. The number of anilines is 1. The minimum Gasteiger partial charge on any atom is -0.387 e. The standard InChI is InChI=1S/C19H22N2O3/c1-12-9-13(2)17(14(3)10-12)21-19(24)18(23)20-11-16(22)15-7-5-4-6-8-15/h4-10,16,22H,11H2,1-3H3,(H,20,23)(H,21,24)/t16-/m0/s1. The number of carbonyl (C=O) groups is 2. The van der Waals surface area contributed by atoms with Crippen LogP contribution in [0.5, 0.6) is 0 Å². The maximum Gasteiger partial charge on any atom is 0.313 e. The highest BCUT2D eigenvalue weighted by Crippen LogP contribution is 2.21. The first-order valence-corrected chi connectivity index (χ1v) is 7.78. The van der Waals surface area contributed by atoms with Crippen molar-refractivity contribution in [1.82, 2.24) is 5.32 Å². The molecule has 5 heteroatoms. The van der Waals surface area contributed by atoms with Gasteiger partial charge in [-0.15, -0.1) is 0 Å². The van der Waals surface area contributed by atoms with Gasteiger partial charge in [-0.3, -0.25) is 9.59 Å². The normalized spacial score (nSPS) is 11.7. The van der Waals surface area contributed by atoms with Gasteiger partial charge in [-0.1, -0.05) is 48.0 Å². The van der Waals surface area contributed by atoms with E-state index in [1.165, 1.54) is 0 Å². The van der Waals surface area contributed by atoms with Gasteiger partial charge in [0.15, 0.2) is 0 Å². The SMILES string of the molecule is Cc1cc(C)c(NC(=O)C(=O)NC[C@H](O)c2ccccc2)c(C)c1. The summed E-state index contributed by atoms with van der Waals surface area (Å²) in [6.07, 6.45) is -0.856. The molecule has 2 amide bonds. The second kappa shape index (κ2) is 7.75. The van der Waals surface area contributed by atoms with Gasteiger partial charge in [0.25, 0.3) is 0 Å². The lowest BCUT2D eigenvalue weighted by Crippen LogP contribution is -2.37. The highest BCUT2D eigenvalue weighted by molar-refractivity contribution is 6.39. The monoisotopic (exact) mass is 326 g/mol. The van der Waals surface area contributed by atoms with Gasteiger partial charge in [0, 0.05) is 12.2 Å². The van der Waals surface area contributed by atoms with Gasteiger partial charge in [0.05, 0.1) is 6.10 Å². The van der Waals surface area contributed by atoms with Crippen molar-refractivity contribution in [2.24, 2.45) is 0 Å². The molecular weight excluding hydrogens is 304 g/mol. The molecule has 3 N–H and O–H groups in total. The lowest BCUT2D eigenvalue weighted by Gasteiger charge is -2.14. The molecule has 0 spiro atoms. The van der Waals surface area contributed by atoms with Crippen molar-refractivity contribution in [3.63, 3.8) is 0 Å². The molecule has 2 aromatic rings. The van der Waals surface area contributed by atoms with E-state index in [4.69, 9.17) is 0 Å². The fourth-order valence-electron chi connectivity index (χ4n) is 2.61. The van der Waals surface area contributed by atoms with Crippen LogP contribution in [0.25, 0.3) is 0 Å². The molecule has 0 bridgehead atoms. The van der Waals surface area contributed by atoms with Crippen molar-refractivity contribution in [3.8, 4) is 0 Å². The van der Waals surface area contributed by atoms with Gasteiger partial charge < -0.3 is 15.7 Å². The molecule has 126 valence electrons. The smallest absolute Gasteiger partial charge is 0.313 e. The van der Waals surface area contributed by atoms with Crippen LogP contribution < -0.4 is 10.6 Å². The molecule has 0 saturated heterocycles. The maximum absolute atomic E-state index is 12.0. The molecule has 0 aromatic heterocycles. The summed E-state index contributed by atoms with van der Waals surface area (Å²) in [4.78, 5) is 24.0. The molecule has 0 fully saturated rings. The van der Waals surface area contributed by atoms with Crippen LogP contribution in [-0.2, 0) is 9.59 Å². The van der Waals surface area contributed by atoms with Crippen LogP contribution in [-0.4, -0.2) is 23.5 Å².